The number of allylic oxidation sites excluding steroid dienone is 1. The van der Waals surface area contributed by atoms with Gasteiger partial charge in [0.25, 0.3) is 0 Å². The van der Waals surface area contributed by atoms with Gasteiger partial charge in [0.05, 0.1) is 5.92 Å². The summed E-state index contributed by atoms with van der Waals surface area (Å²) in [6.07, 6.45) is 11.5. The Morgan fingerprint density at radius 2 is 1.29 bits per heavy atom. The lowest BCUT2D eigenvalue weighted by atomic mass is 9.88. The number of hydrogen-bond donors (Lipinski definition) is 0. The van der Waals surface area contributed by atoms with Gasteiger partial charge in [0, 0.05) is 6.54 Å². The van der Waals surface area contributed by atoms with Gasteiger partial charge >= 0.3 is 5.97 Å². The van der Waals surface area contributed by atoms with Gasteiger partial charge in [-0.2, -0.15) is 0 Å². The van der Waals surface area contributed by atoms with E-state index in [0.29, 0.717) is 12.4 Å². The van der Waals surface area contributed by atoms with E-state index in [-0.39, 0.29) is 11.9 Å². The SMILES string of the molecule is CC/C(=C(\c1ccc(OCCN2CCCCCC2)cc1)c1ccc(OC(=O)C2CCCCC2)cc1)c1ccccc1. The lowest BCUT2D eigenvalue weighted by molar-refractivity contribution is -0.139. The second-order valence-electron chi connectivity index (χ2n) is 11.5. The summed E-state index contributed by atoms with van der Waals surface area (Å²) in [5, 5.41) is 0. The van der Waals surface area contributed by atoms with Crippen molar-refractivity contribution < 1.29 is 14.3 Å². The molecule has 0 N–H and O–H groups in total. The number of likely N-dealkylation sites (tertiary alicyclic amines) is 1. The quantitative estimate of drug-likeness (QED) is 0.143. The maximum atomic E-state index is 12.7. The summed E-state index contributed by atoms with van der Waals surface area (Å²) in [6, 6.07) is 27.2. The Hall–Kier alpha value is -3.37. The topological polar surface area (TPSA) is 38.8 Å². The van der Waals surface area contributed by atoms with Crippen molar-refractivity contribution in [1.82, 2.24) is 4.90 Å². The van der Waals surface area contributed by atoms with E-state index in [2.05, 4.69) is 78.6 Å². The predicted octanol–water partition coefficient (Wildman–Crippen LogP) is 8.80. The minimum atomic E-state index is -0.0850. The monoisotopic (exact) mass is 551 g/mol. The third-order valence-corrected chi connectivity index (χ3v) is 8.60. The maximum absolute atomic E-state index is 12.7. The van der Waals surface area contributed by atoms with E-state index in [4.69, 9.17) is 9.47 Å². The van der Waals surface area contributed by atoms with Crippen LogP contribution in [0.2, 0.25) is 0 Å². The zero-order chi connectivity index (χ0) is 28.3. The number of rotatable bonds is 10. The van der Waals surface area contributed by atoms with E-state index in [1.165, 1.54) is 61.9 Å². The average molecular weight is 552 g/mol. The molecule has 0 unspecified atom stereocenters. The molecule has 0 amide bonds. The Labute approximate surface area is 246 Å². The van der Waals surface area contributed by atoms with Crippen LogP contribution in [-0.4, -0.2) is 37.1 Å². The standard InChI is InChI=1S/C37H45NO3/c1-2-35(29-13-7-5-8-14-29)36(31-19-23-34(24-20-31)41-37(39)32-15-9-6-10-16-32)30-17-21-33(22-18-30)40-28-27-38-25-11-3-4-12-26-38/h5,7-8,13-14,17-24,32H,2-4,6,9-12,15-16,25-28H2,1H3/b36-35-. The molecule has 0 radical (unpaired) electrons. The minimum Gasteiger partial charge on any atom is -0.492 e. The lowest BCUT2D eigenvalue weighted by Crippen LogP contribution is -2.29. The summed E-state index contributed by atoms with van der Waals surface area (Å²) in [4.78, 5) is 15.2. The highest BCUT2D eigenvalue weighted by Crippen LogP contribution is 2.36. The number of hydrogen-bond acceptors (Lipinski definition) is 4. The van der Waals surface area contributed by atoms with Crippen LogP contribution in [0.5, 0.6) is 11.5 Å². The molecule has 3 aromatic rings. The summed E-state index contributed by atoms with van der Waals surface area (Å²) >= 11 is 0. The molecule has 216 valence electrons. The van der Waals surface area contributed by atoms with E-state index < -0.39 is 0 Å². The van der Waals surface area contributed by atoms with Gasteiger partial charge in [-0.15, -0.1) is 0 Å². The Balaban J connectivity index is 1.34. The van der Waals surface area contributed by atoms with E-state index >= 15 is 0 Å². The first-order valence-electron chi connectivity index (χ1n) is 15.8. The molecular formula is C37H45NO3. The van der Waals surface area contributed by atoms with Crippen LogP contribution in [-0.2, 0) is 4.79 Å². The van der Waals surface area contributed by atoms with Crippen molar-refractivity contribution in [3.05, 3.63) is 95.6 Å². The summed E-state index contributed by atoms with van der Waals surface area (Å²) in [5.41, 5.74) is 5.96. The van der Waals surface area contributed by atoms with Crippen LogP contribution >= 0.6 is 0 Å². The van der Waals surface area contributed by atoms with Crippen LogP contribution in [0.4, 0.5) is 0 Å². The Morgan fingerprint density at radius 1 is 0.707 bits per heavy atom. The molecular weight excluding hydrogens is 506 g/mol. The van der Waals surface area contributed by atoms with Crippen LogP contribution in [0.1, 0.15) is 87.8 Å². The van der Waals surface area contributed by atoms with E-state index in [9.17, 15) is 4.79 Å². The molecule has 1 heterocycles. The molecule has 4 nitrogen and oxygen atoms in total. The van der Waals surface area contributed by atoms with Crippen molar-refractivity contribution in [3.63, 3.8) is 0 Å². The minimum absolute atomic E-state index is 0.0359. The smallest absolute Gasteiger partial charge is 0.314 e. The Morgan fingerprint density at radius 3 is 1.90 bits per heavy atom. The maximum Gasteiger partial charge on any atom is 0.314 e. The van der Waals surface area contributed by atoms with Crippen molar-refractivity contribution in [2.24, 2.45) is 5.92 Å². The van der Waals surface area contributed by atoms with Crippen LogP contribution in [0.15, 0.2) is 78.9 Å². The van der Waals surface area contributed by atoms with Gasteiger partial charge in [0.2, 0.25) is 0 Å². The highest BCUT2D eigenvalue weighted by Gasteiger charge is 2.23. The predicted molar refractivity (Wildman–Crippen MR) is 168 cm³/mol. The van der Waals surface area contributed by atoms with Gasteiger partial charge in [0.1, 0.15) is 18.1 Å². The molecule has 41 heavy (non-hydrogen) atoms. The van der Waals surface area contributed by atoms with E-state index in [1.807, 2.05) is 12.1 Å². The number of carbonyl (C=O) groups excluding carboxylic acids is 1. The molecule has 0 aromatic heterocycles. The molecule has 0 bridgehead atoms. The number of benzene rings is 3. The fraction of sp³-hybridized carbons (Fsp3) is 0.432. The van der Waals surface area contributed by atoms with Gasteiger partial charge < -0.3 is 9.47 Å². The molecule has 1 aliphatic heterocycles. The average Bonchev–Trinajstić information content (AvgIpc) is 3.31. The van der Waals surface area contributed by atoms with Gasteiger partial charge in [-0.05, 0) is 97.3 Å². The van der Waals surface area contributed by atoms with Gasteiger partial charge in [-0.1, -0.05) is 93.6 Å². The largest absolute Gasteiger partial charge is 0.492 e. The molecule has 1 saturated heterocycles. The number of ether oxygens (including phenoxy) is 2. The third-order valence-electron chi connectivity index (χ3n) is 8.60. The van der Waals surface area contributed by atoms with Gasteiger partial charge in [-0.3, -0.25) is 9.69 Å². The molecule has 2 fully saturated rings. The van der Waals surface area contributed by atoms with Crippen molar-refractivity contribution >= 4 is 17.1 Å². The van der Waals surface area contributed by atoms with Crippen LogP contribution < -0.4 is 9.47 Å². The number of esters is 1. The van der Waals surface area contributed by atoms with Crippen LogP contribution in [0, 0.1) is 5.92 Å². The van der Waals surface area contributed by atoms with E-state index in [0.717, 1.165) is 55.5 Å². The number of carbonyl (C=O) groups is 1. The number of nitrogens with zero attached hydrogens (tertiary/aromatic N) is 1. The summed E-state index contributed by atoms with van der Waals surface area (Å²) in [7, 11) is 0. The summed E-state index contributed by atoms with van der Waals surface area (Å²) < 4.78 is 12.0. The molecule has 0 spiro atoms. The van der Waals surface area contributed by atoms with Crippen molar-refractivity contribution in [2.75, 3.05) is 26.2 Å². The zero-order valence-corrected chi connectivity index (χ0v) is 24.7. The first-order chi connectivity index (χ1) is 20.2. The summed E-state index contributed by atoms with van der Waals surface area (Å²) in [6.45, 7) is 6.29. The molecule has 2 aliphatic rings. The van der Waals surface area contributed by atoms with Crippen LogP contribution in [0.3, 0.4) is 0 Å². The first-order valence-corrected chi connectivity index (χ1v) is 15.8. The molecule has 1 aliphatic carbocycles. The second-order valence-corrected chi connectivity index (χ2v) is 11.5. The van der Waals surface area contributed by atoms with Crippen molar-refractivity contribution in [1.29, 1.82) is 0 Å². The Bertz CT molecular complexity index is 1250. The molecule has 1 saturated carbocycles. The Kier molecular flexibility index (Phi) is 10.7. The summed E-state index contributed by atoms with van der Waals surface area (Å²) in [5.74, 6) is 1.48. The molecule has 5 rings (SSSR count). The van der Waals surface area contributed by atoms with E-state index in [1.54, 1.807) is 0 Å². The fourth-order valence-corrected chi connectivity index (χ4v) is 6.28. The van der Waals surface area contributed by atoms with Crippen LogP contribution in [0.25, 0.3) is 11.1 Å². The highest BCUT2D eigenvalue weighted by atomic mass is 16.5. The van der Waals surface area contributed by atoms with Crippen molar-refractivity contribution in [3.8, 4) is 11.5 Å². The zero-order valence-electron chi connectivity index (χ0n) is 24.7. The molecule has 4 heteroatoms. The fourth-order valence-electron chi connectivity index (χ4n) is 6.28. The van der Waals surface area contributed by atoms with Gasteiger partial charge in [-0.25, -0.2) is 0 Å². The highest BCUT2D eigenvalue weighted by molar-refractivity contribution is 5.98. The second kappa shape index (κ2) is 15.0. The molecule has 3 aromatic carbocycles. The van der Waals surface area contributed by atoms with Crippen molar-refractivity contribution in [2.45, 2.75) is 71.1 Å². The normalized spacial score (nSPS) is 17.4. The lowest BCUT2D eigenvalue weighted by Gasteiger charge is -2.20. The molecule has 0 atom stereocenters. The first kappa shape index (κ1) is 29.1. The van der Waals surface area contributed by atoms with Gasteiger partial charge in [0.15, 0.2) is 0 Å². The third kappa shape index (κ3) is 8.10.